The summed E-state index contributed by atoms with van der Waals surface area (Å²) in [5.74, 6) is 0.0117. The molecule has 0 aliphatic rings. The first-order chi connectivity index (χ1) is 8.90. The second kappa shape index (κ2) is 6.41. The van der Waals surface area contributed by atoms with Gasteiger partial charge in [-0.15, -0.1) is 0 Å². The number of methoxy groups -OCH3 is 1. The number of benzene rings is 1. The second-order valence-electron chi connectivity index (χ2n) is 4.81. The molecule has 0 aliphatic heterocycles. The van der Waals surface area contributed by atoms with Crippen LogP contribution in [0.1, 0.15) is 37.0 Å². The van der Waals surface area contributed by atoms with E-state index in [-0.39, 0.29) is 0 Å². The Kier molecular flexibility index (Phi) is 5.16. The summed E-state index contributed by atoms with van der Waals surface area (Å²) in [6, 6.07) is 4.09. The van der Waals surface area contributed by atoms with E-state index in [0.29, 0.717) is 12.0 Å². The lowest BCUT2D eigenvalue weighted by atomic mass is 9.94. The van der Waals surface area contributed by atoms with Crippen LogP contribution in [0.15, 0.2) is 23.3 Å². The lowest BCUT2D eigenvalue weighted by Gasteiger charge is -2.14. The van der Waals surface area contributed by atoms with Crippen molar-refractivity contribution in [1.82, 2.24) is 0 Å². The molecule has 3 nitrogen and oxygen atoms in total. The summed E-state index contributed by atoms with van der Waals surface area (Å²) >= 11 is 0. The van der Waals surface area contributed by atoms with Crippen LogP contribution in [0.25, 0.3) is 0 Å². The maximum atomic E-state index is 11.1. The zero-order valence-electron chi connectivity index (χ0n) is 12.3. The van der Waals surface area contributed by atoms with Gasteiger partial charge in [0.15, 0.2) is 0 Å². The zero-order valence-corrected chi connectivity index (χ0v) is 12.3. The molecule has 0 aliphatic carbocycles. The van der Waals surface area contributed by atoms with Crippen LogP contribution in [0.5, 0.6) is 5.75 Å². The third-order valence-electron chi connectivity index (χ3n) is 3.54. The van der Waals surface area contributed by atoms with E-state index >= 15 is 0 Å². The van der Waals surface area contributed by atoms with Gasteiger partial charge in [0, 0.05) is 5.57 Å². The van der Waals surface area contributed by atoms with E-state index in [1.165, 1.54) is 5.56 Å². The molecule has 0 unspecified atom stereocenters. The molecule has 3 heteroatoms. The van der Waals surface area contributed by atoms with Gasteiger partial charge in [0.25, 0.3) is 0 Å². The van der Waals surface area contributed by atoms with Gasteiger partial charge in [-0.05, 0) is 56.4 Å². The minimum absolute atomic E-state index is 0.446. The number of carboxylic acid groups (broad SMARTS) is 1. The second-order valence-corrected chi connectivity index (χ2v) is 4.81. The zero-order chi connectivity index (χ0) is 14.6. The predicted molar refractivity (Wildman–Crippen MR) is 76.8 cm³/mol. The lowest BCUT2D eigenvalue weighted by molar-refractivity contribution is -0.132. The number of hydrogen-bond acceptors (Lipinski definition) is 2. The summed E-state index contributed by atoms with van der Waals surface area (Å²) in [7, 11) is 1.65. The van der Waals surface area contributed by atoms with Crippen molar-refractivity contribution >= 4 is 5.97 Å². The fourth-order valence-corrected chi connectivity index (χ4v) is 2.19. The van der Waals surface area contributed by atoms with Gasteiger partial charge < -0.3 is 9.84 Å². The van der Waals surface area contributed by atoms with Crippen LogP contribution in [0.4, 0.5) is 0 Å². The number of carboxylic acids is 1. The molecule has 0 amide bonds. The number of rotatable bonds is 5. The van der Waals surface area contributed by atoms with Gasteiger partial charge in [0.05, 0.1) is 7.11 Å². The van der Waals surface area contributed by atoms with Crippen LogP contribution >= 0.6 is 0 Å². The third kappa shape index (κ3) is 3.60. The molecule has 1 aromatic rings. The minimum Gasteiger partial charge on any atom is -0.496 e. The Hall–Kier alpha value is -1.77. The van der Waals surface area contributed by atoms with Gasteiger partial charge in [0.2, 0.25) is 0 Å². The summed E-state index contributed by atoms with van der Waals surface area (Å²) in [6.45, 7) is 7.71. The van der Waals surface area contributed by atoms with Crippen molar-refractivity contribution in [2.24, 2.45) is 0 Å². The van der Waals surface area contributed by atoms with Gasteiger partial charge >= 0.3 is 5.97 Å². The van der Waals surface area contributed by atoms with E-state index in [9.17, 15) is 4.79 Å². The van der Waals surface area contributed by atoms with Crippen molar-refractivity contribution in [2.75, 3.05) is 7.11 Å². The number of aliphatic carboxylic acids is 1. The van der Waals surface area contributed by atoms with Crippen molar-refractivity contribution in [3.63, 3.8) is 0 Å². The number of ether oxygens (including phenoxy) is 1. The molecule has 0 bridgehead atoms. The average molecular weight is 262 g/mol. The van der Waals surface area contributed by atoms with E-state index in [0.717, 1.165) is 28.9 Å². The van der Waals surface area contributed by atoms with E-state index in [2.05, 4.69) is 6.07 Å². The standard InChI is InChI=1S/C16H22O3/c1-6-13(12(4)16(17)18)8-14-9-15(19-5)11(3)7-10(14)2/h7,9H,6,8H2,1-5H3,(H,17,18). The van der Waals surface area contributed by atoms with Crippen molar-refractivity contribution in [3.8, 4) is 5.75 Å². The average Bonchev–Trinajstić information content (AvgIpc) is 2.37. The molecule has 0 atom stereocenters. The topological polar surface area (TPSA) is 46.5 Å². The van der Waals surface area contributed by atoms with E-state index < -0.39 is 5.97 Å². The molecule has 0 spiro atoms. The van der Waals surface area contributed by atoms with Gasteiger partial charge in [-0.25, -0.2) is 4.79 Å². The number of allylic oxidation sites excluding steroid dienone is 1. The highest BCUT2D eigenvalue weighted by atomic mass is 16.5. The van der Waals surface area contributed by atoms with Gasteiger partial charge in [-0.3, -0.25) is 0 Å². The Labute approximate surface area is 114 Å². The highest BCUT2D eigenvalue weighted by Crippen LogP contribution is 2.26. The molecular formula is C16H22O3. The first-order valence-electron chi connectivity index (χ1n) is 6.46. The molecule has 19 heavy (non-hydrogen) atoms. The number of carbonyl (C=O) groups is 1. The van der Waals surface area contributed by atoms with E-state index in [4.69, 9.17) is 9.84 Å². The summed E-state index contributed by atoms with van der Waals surface area (Å²) in [5.41, 5.74) is 4.80. The fraction of sp³-hybridized carbons (Fsp3) is 0.438. The Bertz CT molecular complexity index is 513. The van der Waals surface area contributed by atoms with Crippen LogP contribution in [0.3, 0.4) is 0 Å². The smallest absolute Gasteiger partial charge is 0.331 e. The van der Waals surface area contributed by atoms with Crippen LogP contribution < -0.4 is 4.74 Å². The lowest BCUT2D eigenvalue weighted by Crippen LogP contribution is -2.04. The van der Waals surface area contributed by atoms with Gasteiger partial charge in [-0.2, -0.15) is 0 Å². The Morgan fingerprint density at radius 1 is 1.26 bits per heavy atom. The van der Waals surface area contributed by atoms with Crippen molar-refractivity contribution in [3.05, 3.63) is 40.0 Å². The van der Waals surface area contributed by atoms with Crippen LogP contribution in [-0.4, -0.2) is 18.2 Å². The summed E-state index contributed by atoms with van der Waals surface area (Å²) < 4.78 is 5.33. The molecule has 1 aromatic carbocycles. The van der Waals surface area contributed by atoms with Crippen molar-refractivity contribution in [2.45, 2.75) is 40.5 Å². The molecule has 0 fully saturated rings. The van der Waals surface area contributed by atoms with Crippen molar-refractivity contribution < 1.29 is 14.6 Å². The van der Waals surface area contributed by atoms with Gasteiger partial charge in [-0.1, -0.05) is 18.6 Å². The molecule has 0 aromatic heterocycles. The van der Waals surface area contributed by atoms with Gasteiger partial charge in [0.1, 0.15) is 5.75 Å². The maximum absolute atomic E-state index is 11.1. The molecular weight excluding hydrogens is 240 g/mol. The highest BCUT2D eigenvalue weighted by Gasteiger charge is 2.11. The first-order valence-corrected chi connectivity index (χ1v) is 6.46. The minimum atomic E-state index is -0.839. The summed E-state index contributed by atoms with van der Waals surface area (Å²) in [5, 5.41) is 9.09. The fourth-order valence-electron chi connectivity index (χ4n) is 2.19. The molecule has 104 valence electrons. The van der Waals surface area contributed by atoms with E-state index in [1.807, 2.05) is 26.8 Å². The SMILES string of the molecule is CCC(Cc1cc(OC)c(C)cc1C)=C(C)C(=O)O. The van der Waals surface area contributed by atoms with E-state index in [1.54, 1.807) is 14.0 Å². The quantitative estimate of drug-likeness (QED) is 0.824. The molecule has 1 N–H and O–H groups in total. The molecule has 1 rings (SSSR count). The summed E-state index contributed by atoms with van der Waals surface area (Å²) in [6.07, 6.45) is 1.41. The monoisotopic (exact) mass is 262 g/mol. The number of aryl methyl sites for hydroxylation is 2. The van der Waals surface area contributed by atoms with Crippen LogP contribution in [0, 0.1) is 13.8 Å². The molecule has 0 heterocycles. The normalized spacial score (nSPS) is 12.1. The van der Waals surface area contributed by atoms with Crippen LogP contribution in [-0.2, 0) is 11.2 Å². The third-order valence-corrected chi connectivity index (χ3v) is 3.54. The first kappa shape index (κ1) is 15.3. The Balaban J connectivity index is 3.18. The largest absolute Gasteiger partial charge is 0.496 e. The highest BCUT2D eigenvalue weighted by molar-refractivity contribution is 5.86. The van der Waals surface area contributed by atoms with Crippen molar-refractivity contribution in [1.29, 1.82) is 0 Å². The number of hydrogen-bond donors (Lipinski definition) is 1. The summed E-state index contributed by atoms with van der Waals surface area (Å²) in [4.78, 5) is 11.1. The Morgan fingerprint density at radius 3 is 2.37 bits per heavy atom. The van der Waals surface area contributed by atoms with Crippen LogP contribution in [0.2, 0.25) is 0 Å². The predicted octanol–water partition coefficient (Wildman–Crippen LogP) is 3.67. The molecule has 0 saturated carbocycles. The Morgan fingerprint density at radius 2 is 1.89 bits per heavy atom. The molecule has 0 radical (unpaired) electrons. The molecule has 0 saturated heterocycles. The maximum Gasteiger partial charge on any atom is 0.331 e.